The van der Waals surface area contributed by atoms with E-state index in [0.717, 1.165) is 6.08 Å². The molecule has 1 N–H and O–H groups in total. The topological polar surface area (TPSA) is 74.7 Å². The number of hydrogen-bond acceptors (Lipinski definition) is 4. The molecule has 1 rings (SSSR count). The fraction of sp³-hybridized carbons (Fsp3) is 0.286. The highest BCUT2D eigenvalue weighted by molar-refractivity contribution is 6.15. The summed E-state index contributed by atoms with van der Waals surface area (Å²) in [4.78, 5) is 32.5. The lowest BCUT2D eigenvalue weighted by Crippen LogP contribution is -2.28. The summed E-state index contributed by atoms with van der Waals surface area (Å²) in [6.45, 7) is 3.18. The Labute approximate surface area is 68.2 Å². The van der Waals surface area contributed by atoms with Gasteiger partial charge in [-0.25, -0.2) is 0 Å². The second-order valence-corrected chi connectivity index (χ2v) is 2.41. The number of rotatable bonds is 2. The Morgan fingerprint density at radius 1 is 1.67 bits per heavy atom. The SMILES string of the molecule is C=CC(=O)C1CC(=O)N(O)C1=O. The van der Waals surface area contributed by atoms with Crippen LogP contribution >= 0.6 is 0 Å². The molecule has 1 fully saturated rings. The third kappa shape index (κ3) is 1.14. The first-order valence-electron chi connectivity index (χ1n) is 3.30. The van der Waals surface area contributed by atoms with Crippen molar-refractivity contribution in [2.75, 3.05) is 0 Å². The molecule has 1 aliphatic heterocycles. The minimum absolute atomic E-state index is 0.0218. The maximum atomic E-state index is 10.9. The summed E-state index contributed by atoms with van der Waals surface area (Å²) in [5.41, 5.74) is 0. The van der Waals surface area contributed by atoms with Crippen LogP contribution in [-0.4, -0.2) is 27.9 Å². The zero-order valence-corrected chi connectivity index (χ0v) is 6.19. The molecule has 12 heavy (non-hydrogen) atoms. The quantitative estimate of drug-likeness (QED) is 0.262. The highest BCUT2D eigenvalue weighted by atomic mass is 16.5. The van der Waals surface area contributed by atoms with E-state index in [0.29, 0.717) is 0 Å². The number of allylic oxidation sites excluding steroid dienone is 1. The minimum Gasteiger partial charge on any atom is -0.294 e. The van der Waals surface area contributed by atoms with Gasteiger partial charge in [0.05, 0.1) is 0 Å². The van der Waals surface area contributed by atoms with Gasteiger partial charge in [-0.15, -0.1) is 0 Å². The van der Waals surface area contributed by atoms with Gasteiger partial charge in [0, 0.05) is 6.42 Å². The average molecular weight is 169 g/mol. The van der Waals surface area contributed by atoms with Crippen LogP contribution in [0.15, 0.2) is 12.7 Å². The average Bonchev–Trinajstić information content (AvgIpc) is 2.32. The molecular formula is C7H7NO4. The Balaban J connectivity index is 2.84. The summed E-state index contributed by atoms with van der Waals surface area (Å²) in [5, 5.41) is 8.71. The zero-order chi connectivity index (χ0) is 9.30. The molecule has 0 spiro atoms. The lowest BCUT2D eigenvalue weighted by atomic mass is 10.0. The first-order valence-corrected chi connectivity index (χ1v) is 3.30. The highest BCUT2D eigenvalue weighted by Gasteiger charge is 2.41. The molecule has 0 aromatic heterocycles. The molecular weight excluding hydrogens is 162 g/mol. The summed E-state index contributed by atoms with van der Waals surface area (Å²) >= 11 is 0. The van der Waals surface area contributed by atoms with Crippen LogP contribution in [0.25, 0.3) is 0 Å². The van der Waals surface area contributed by atoms with Crippen molar-refractivity contribution >= 4 is 17.6 Å². The van der Waals surface area contributed by atoms with E-state index in [1.807, 2.05) is 0 Å². The Morgan fingerprint density at radius 3 is 2.58 bits per heavy atom. The first kappa shape index (κ1) is 8.61. The van der Waals surface area contributed by atoms with Crippen molar-refractivity contribution in [3.05, 3.63) is 12.7 Å². The van der Waals surface area contributed by atoms with E-state index in [9.17, 15) is 14.4 Å². The van der Waals surface area contributed by atoms with Crippen molar-refractivity contribution in [3.63, 3.8) is 0 Å². The van der Waals surface area contributed by atoms with Gasteiger partial charge in [-0.05, 0) is 6.08 Å². The molecule has 1 unspecified atom stereocenters. The molecule has 0 radical (unpaired) electrons. The number of amides is 2. The zero-order valence-electron chi connectivity index (χ0n) is 6.19. The largest absolute Gasteiger partial charge is 0.294 e. The monoisotopic (exact) mass is 169 g/mol. The Bertz CT molecular complexity index is 271. The Morgan fingerprint density at radius 2 is 2.25 bits per heavy atom. The Kier molecular flexibility index (Phi) is 2.05. The predicted octanol–water partition coefficient (Wildman–Crippen LogP) is -0.494. The predicted molar refractivity (Wildman–Crippen MR) is 37.0 cm³/mol. The van der Waals surface area contributed by atoms with Crippen LogP contribution in [0.4, 0.5) is 0 Å². The molecule has 0 saturated carbocycles. The fourth-order valence-electron chi connectivity index (χ4n) is 0.983. The lowest BCUT2D eigenvalue weighted by Gasteiger charge is -2.02. The summed E-state index contributed by atoms with van der Waals surface area (Å²) < 4.78 is 0. The van der Waals surface area contributed by atoms with Gasteiger partial charge in [-0.2, -0.15) is 5.06 Å². The van der Waals surface area contributed by atoms with Crippen molar-refractivity contribution in [2.45, 2.75) is 6.42 Å². The maximum absolute atomic E-state index is 10.9. The van der Waals surface area contributed by atoms with Gasteiger partial charge in [0.25, 0.3) is 11.8 Å². The lowest BCUT2D eigenvalue weighted by molar-refractivity contribution is -0.172. The molecule has 0 bridgehead atoms. The second-order valence-electron chi connectivity index (χ2n) is 2.41. The first-order chi connectivity index (χ1) is 5.57. The molecule has 64 valence electrons. The third-order valence-corrected chi connectivity index (χ3v) is 1.67. The molecule has 5 nitrogen and oxygen atoms in total. The van der Waals surface area contributed by atoms with Gasteiger partial charge < -0.3 is 0 Å². The maximum Gasteiger partial charge on any atom is 0.264 e. The summed E-state index contributed by atoms with van der Waals surface area (Å²) in [5.74, 6) is -3.23. The summed E-state index contributed by atoms with van der Waals surface area (Å²) in [6.07, 6.45) is 0.704. The van der Waals surface area contributed by atoms with Gasteiger partial charge in [0.1, 0.15) is 5.92 Å². The molecule has 1 aliphatic rings. The van der Waals surface area contributed by atoms with Crippen molar-refractivity contribution in [1.29, 1.82) is 0 Å². The van der Waals surface area contributed by atoms with Gasteiger partial charge in [-0.3, -0.25) is 19.6 Å². The molecule has 2 amide bonds. The standard InChI is InChI=1S/C7H7NO4/c1-2-5(9)4-3-6(10)8(12)7(4)11/h2,4,12H,1,3H2. The number of ketones is 1. The number of carbonyl (C=O) groups is 3. The van der Waals surface area contributed by atoms with Crippen LogP contribution < -0.4 is 0 Å². The summed E-state index contributed by atoms with van der Waals surface area (Å²) in [7, 11) is 0. The highest BCUT2D eigenvalue weighted by Crippen LogP contribution is 2.18. The molecule has 1 saturated heterocycles. The van der Waals surface area contributed by atoms with Gasteiger partial charge in [-0.1, -0.05) is 6.58 Å². The molecule has 0 aromatic rings. The molecule has 1 heterocycles. The van der Waals surface area contributed by atoms with E-state index in [4.69, 9.17) is 5.21 Å². The molecule has 1 atom stereocenters. The van der Waals surface area contributed by atoms with Gasteiger partial charge >= 0.3 is 0 Å². The summed E-state index contributed by atoms with van der Waals surface area (Å²) in [6, 6.07) is 0. The van der Waals surface area contributed by atoms with E-state index < -0.39 is 23.5 Å². The number of hydrogen-bond donors (Lipinski definition) is 1. The fourth-order valence-corrected chi connectivity index (χ4v) is 0.983. The van der Waals surface area contributed by atoms with Crippen molar-refractivity contribution in [3.8, 4) is 0 Å². The van der Waals surface area contributed by atoms with Gasteiger partial charge in [0.15, 0.2) is 5.78 Å². The Hall–Kier alpha value is -1.49. The minimum atomic E-state index is -1.07. The van der Waals surface area contributed by atoms with E-state index in [2.05, 4.69) is 6.58 Å². The smallest absolute Gasteiger partial charge is 0.264 e. The van der Waals surface area contributed by atoms with Crippen molar-refractivity contribution in [1.82, 2.24) is 5.06 Å². The van der Waals surface area contributed by atoms with E-state index in [1.54, 1.807) is 0 Å². The second kappa shape index (κ2) is 2.86. The van der Waals surface area contributed by atoms with E-state index >= 15 is 0 Å². The van der Waals surface area contributed by atoms with Crippen LogP contribution in [-0.2, 0) is 14.4 Å². The van der Waals surface area contributed by atoms with Crippen LogP contribution in [0.3, 0.4) is 0 Å². The van der Waals surface area contributed by atoms with Crippen LogP contribution in [0.5, 0.6) is 0 Å². The van der Waals surface area contributed by atoms with Crippen LogP contribution in [0.1, 0.15) is 6.42 Å². The molecule has 0 aromatic carbocycles. The number of carbonyl (C=O) groups excluding carboxylic acids is 3. The third-order valence-electron chi connectivity index (χ3n) is 1.67. The van der Waals surface area contributed by atoms with Crippen LogP contribution in [0.2, 0.25) is 0 Å². The molecule has 0 aliphatic carbocycles. The van der Waals surface area contributed by atoms with E-state index in [-0.39, 0.29) is 11.5 Å². The van der Waals surface area contributed by atoms with Gasteiger partial charge in [0.2, 0.25) is 0 Å². The number of hydroxylamine groups is 2. The normalized spacial score (nSPS) is 23.1. The van der Waals surface area contributed by atoms with Crippen molar-refractivity contribution in [2.24, 2.45) is 5.92 Å². The number of nitrogens with zero attached hydrogens (tertiary/aromatic N) is 1. The number of imide groups is 1. The molecule has 5 heteroatoms. The van der Waals surface area contributed by atoms with Crippen molar-refractivity contribution < 1.29 is 19.6 Å². The van der Waals surface area contributed by atoms with Crippen LogP contribution in [0, 0.1) is 5.92 Å². The van der Waals surface area contributed by atoms with E-state index in [1.165, 1.54) is 0 Å².